The van der Waals surface area contributed by atoms with Gasteiger partial charge in [-0.25, -0.2) is 0 Å². The zero-order valence-electron chi connectivity index (χ0n) is 20.6. The van der Waals surface area contributed by atoms with Crippen LogP contribution in [0, 0.1) is 0 Å². The van der Waals surface area contributed by atoms with Crippen molar-refractivity contribution in [3.05, 3.63) is 69.8 Å². The summed E-state index contributed by atoms with van der Waals surface area (Å²) < 4.78 is 41.0. The van der Waals surface area contributed by atoms with Crippen LogP contribution in [-0.2, 0) is 24.0 Å². The maximum absolute atomic E-state index is 13.7. The van der Waals surface area contributed by atoms with Crippen LogP contribution in [0.2, 0.25) is 0 Å². The predicted octanol–water partition coefficient (Wildman–Crippen LogP) is 8.34. The van der Waals surface area contributed by atoms with Crippen LogP contribution in [0.5, 0.6) is 0 Å². The number of rotatable bonds is 10. The number of carbonyl (C=O) groups excluding carboxylic acids is 1. The molecule has 0 aromatic heterocycles. The van der Waals surface area contributed by atoms with Gasteiger partial charge in [0, 0.05) is 5.56 Å². The van der Waals surface area contributed by atoms with Gasteiger partial charge in [-0.05, 0) is 66.5 Å². The maximum atomic E-state index is 13.7. The SMILES string of the molecule is CC.CCCC(CC)c1ccc(CO/N=C(\C)c2ccc(C=O)c(CC)c2)cc1C(F)(F)F. The van der Waals surface area contributed by atoms with Crippen LogP contribution in [0.15, 0.2) is 41.6 Å². The number of aryl methyl sites for hydroxylation is 1. The third-order valence-electron chi connectivity index (χ3n) is 5.49. The Morgan fingerprint density at radius 2 is 1.79 bits per heavy atom. The lowest BCUT2D eigenvalue weighted by Crippen LogP contribution is -2.13. The lowest BCUT2D eigenvalue weighted by molar-refractivity contribution is -0.138. The quantitative estimate of drug-likeness (QED) is 0.202. The fraction of sp³-hybridized carbons (Fsp3) is 0.481. The first kappa shape index (κ1) is 28.4. The molecule has 0 N–H and O–H groups in total. The van der Waals surface area contributed by atoms with E-state index in [9.17, 15) is 18.0 Å². The number of aldehydes is 1. The van der Waals surface area contributed by atoms with Gasteiger partial charge in [-0.15, -0.1) is 0 Å². The average Bonchev–Trinajstić information content (AvgIpc) is 2.82. The van der Waals surface area contributed by atoms with E-state index in [1.54, 1.807) is 31.2 Å². The molecule has 182 valence electrons. The van der Waals surface area contributed by atoms with Gasteiger partial charge < -0.3 is 4.84 Å². The molecule has 1 atom stereocenters. The summed E-state index contributed by atoms with van der Waals surface area (Å²) in [6.45, 7) is 11.6. The van der Waals surface area contributed by atoms with E-state index in [0.29, 0.717) is 35.2 Å². The molecule has 6 heteroatoms. The van der Waals surface area contributed by atoms with Gasteiger partial charge in [-0.2, -0.15) is 13.2 Å². The molecule has 0 bridgehead atoms. The first-order valence-electron chi connectivity index (χ1n) is 11.7. The molecule has 0 radical (unpaired) electrons. The topological polar surface area (TPSA) is 38.7 Å². The second kappa shape index (κ2) is 13.8. The molecular formula is C27H36F3NO2. The van der Waals surface area contributed by atoms with Crippen molar-refractivity contribution in [2.45, 2.75) is 85.9 Å². The minimum atomic E-state index is -4.41. The first-order valence-corrected chi connectivity index (χ1v) is 11.7. The number of hydrogen-bond donors (Lipinski definition) is 0. The molecule has 0 aliphatic rings. The van der Waals surface area contributed by atoms with Gasteiger partial charge in [0.25, 0.3) is 0 Å². The normalized spacial score (nSPS) is 12.6. The third-order valence-corrected chi connectivity index (χ3v) is 5.49. The molecule has 3 nitrogen and oxygen atoms in total. The fourth-order valence-electron chi connectivity index (χ4n) is 3.73. The Hall–Kier alpha value is -2.63. The van der Waals surface area contributed by atoms with Crippen LogP contribution < -0.4 is 0 Å². The molecule has 0 spiro atoms. The van der Waals surface area contributed by atoms with Crippen molar-refractivity contribution >= 4 is 12.0 Å². The smallest absolute Gasteiger partial charge is 0.391 e. The predicted molar refractivity (Wildman–Crippen MR) is 129 cm³/mol. The zero-order chi connectivity index (χ0) is 25.0. The molecule has 0 saturated carbocycles. The largest absolute Gasteiger partial charge is 0.416 e. The molecule has 2 aromatic carbocycles. The summed E-state index contributed by atoms with van der Waals surface area (Å²) in [7, 11) is 0. The summed E-state index contributed by atoms with van der Waals surface area (Å²) in [5.41, 5.74) is 3.12. The molecule has 0 heterocycles. The molecule has 0 aliphatic heterocycles. The van der Waals surface area contributed by atoms with Crippen LogP contribution in [-0.4, -0.2) is 12.0 Å². The summed E-state index contributed by atoms with van der Waals surface area (Å²) in [5, 5.41) is 4.06. The van der Waals surface area contributed by atoms with Crippen LogP contribution in [0.4, 0.5) is 13.2 Å². The Balaban J connectivity index is 0.00000265. The van der Waals surface area contributed by atoms with Gasteiger partial charge in [-0.1, -0.05) is 70.5 Å². The first-order chi connectivity index (χ1) is 15.7. The van der Waals surface area contributed by atoms with Crippen LogP contribution in [0.1, 0.15) is 105 Å². The van der Waals surface area contributed by atoms with Gasteiger partial charge in [0.15, 0.2) is 0 Å². The highest BCUT2D eigenvalue weighted by Gasteiger charge is 2.35. The van der Waals surface area contributed by atoms with Crippen molar-refractivity contribution in [2.24, 2.45) is 5.16 Å². The highest BCUT2D eigenvalue weighted by molar-refractivity contribution is 5.99. The number of carbonyl (C=O) groups is 1. The van der Waals surface area contributed by atoms with Gasteiger partial charge >= 0.3 is 6.18 Å². The highest BCUT2D eigenvalue weighted by Crippen LogP contribution is 2.38. The Kier molecular flexibility index (Phi) is 11.9. The standard InChI is InChI=1S/C25H30F3NO2.C2H6/c1-5-8-19(6-2)23-12-9-18(13-24(23)25(26,27)28)16-31-29-17(4)21-10-11-22(15-30)20(7-3)14-21;1-2/h9-15,19H,5-8,16H2,1-4H3;1-2H3/b29-17+;. The molecule has 0 amide bonds. The summed E-state index contributed by atoms with van der Waals surface area (Å²) in [6, 6.07) is 9.82. The monoisotopic (exact) mass is 463 g/mol. The molecule has 33 heavy (non-hydrogen) atoms. The zero-order valence-corrected chi connectivity index (χ0v) is 20.6. The highest BCUT2D eigenvalue weighted by atomic mass is 19.4. The molecule has 1 unspecified atom stereocenters. The number of nitrogens with zero attached hydrogens (tertiary/aromatic N) is 1. The number of oxime groups is 1. The summed E-state index contributed by atoms with van der Waals surface area (Å²) >= 11 is 0. The van der Waals surface area contributed by atoms with Gasteiger partial charge in [-0.3, -0.25) is 4.79 Å². The van der Waals surface area contributed by atoms with Crippen molar-refractivity contribution in [3.8, 4) is 0 Å². The van der Waals surface area contributed by atoms with E-state index in [1.165, 1.54) is 6.07 Å². The van der Waals surface area contributed by atoms with Gasteiger partial charge in [0.1, 0.15) is 12.9 Å². The van der Waals surface area contributed by atoms with Crippen molar-refractivity contribution < 1.29 is 22.8 Å². The summed E-state index contributed by atoms with van der Waals surface area (Å²) in [4.78, 5) is 16.4. The molecule has 0 aliphatic carbocycles. The van der Waals surface area contributed by atoms with Crippen molar-refractivity contribution in [3.63, 3.8) is 0 Å². The maximum Gasteiger partial charge on any atom is 0.416 e. The lowest BCUT2D eigenvalue weighted by Gasteiger charge is -2.21. The fourth-order valence-corrected chi connectivity index (χ4v) is 3.73. The Morgan fingerprint density at radius 3 is 2.33 bits per heavy atom. The van der Waals surface area contributed by atoms with E-state index < -0.39 is 11.7 Å². The Labute approximate surface area is 196 Å². The molecule has 0 saturated heterocycles. The Morgan fingerprint density at radius 1 is 1.09 bits per heavy atom. The molecule has 0 fully saturated rings. The second-order valence-electron chi connectivity index (χ2n) is 7.65. The van der Waals surface area contributed by atoms with Crippen LogP contribution in [0.25, 0.3) is 0 Å². The Bertz CT molecular complexity index is 920. The number of benzene rings is 2. The number of alkyl halides is 3. The summed E-state index contributed by atoms with van der Waals surface area (Å²) in [5.74, 6) is -0.112. The van der Waals surface area contributed by atoms with Crippen LogP contribution in [0.3, 0.4) is 0 Å². The number of halogens is 3. The van der Waals surface area contributed by atoms with E-state index in [4.69, 9.17) is 4.84 Å². The number of hydrogen-bond acceptors (Lipinski definition) is 3. The van der Waals surface area contributed by atoms with Crippen molar-refractivity contribution in [2.75, 3.05) is 0 Å². The minimum absolute atomic E-state index is 0.0572. The van der Waals surface area contributed by atoms with Crippen molar-refractivity contribution in [1.82, 2.24) is 0 Å². The minimum Gasteiger partial charge on any atom is -0.391 e. The average molecular weight is 464 g/mol. The summed E-state index contributed by atoms with van der Waals surface area (Å²) in [6.07, 6.45) is -0.665. The third kappa shape index (κ3) is 8.02. The molecule has 2 rings (SSSR count). The van der Waals surface area contributed by atoms with Crippen molar-refractivity contribution in [1.29, 1.82) is 0 Å². The van der Waals surface area contributed by atoms with E-state index in [2.05, 4.69) is 5.16 Å². The molecule has 2 aromatic rings. The van der Waals surface area contributed by atoms with E-state index in [0.717, 1.165) is 30.3 Å². The molecular weight excluding hydrogens is 427 g/mol. The van der Waals surface area contributed by atoms with E-state index in [1.807, 2.05) is 40.7 Å². The van der Waals surface area contributed by atoms with E-state index in [-0.39, 0.29) is 12.5 Å². The van der Waals surface area contributed by atoms with Gasteiger partial charge in [0.05, 0.1) is 11.3 Å². The van der Waals surface area contributed by atoms with Crippen LogP contribution >= 0.6 is 0 Å². The van der Waals surface area contributed by atoms with Gasteiger partial charge in [0.2, 0.25) is 0 Å². The van der Waals surface area contributed by atoms with E-state index >= 15 is 0 Å². The second-order valence-corrected chi connectivity index (χ2v) is 7.65. The lowest BCUT2D eigenvalue weighted by atomic mass is 9.87.